The third kappa shape index (κ3) is 3.08. The Balaban J connectivity index is 1.74. The Hall–Kier alpha value is -2.45. The summed E-state index contributed by atoms with van der Waals surface area (Å²) < 4.78 is 41.3. The number of amides is 1. The number of sulfonamides is 1. The van der Waals surface area contributed by atoms with Crippen LogP contribution in [0.25, 0.3) is 11.1 Å². The van der Waals surface area contributed by atoms with Crippen LogP contribution in [0.3, 0.4) is 0 Å². The van der Waals surface area contributed by atoms with Crippen molar-refractivity contribution >= 4 is 21.6 Å². The van der Waals surface area contributed by atoms with Gasteiger partial charge in [-0.05, 0) is 31.3 Å². The molecule has 0 atom stereocenters. The Morgan fingerprint density at radius 3 is 2.48 bits per heavy atom. The number of likely N-dealkylation sites (N-methyl/N-ethyl adjacent to an activating group) is 1. The smallest absolute Gasteiger partial charge is 0.265 e. The van der Waals surface area contributed by atoms with Crippen LogP contribution < -0.4 is 4.31 Å². The molecule has 0 N–H and O–H groups in total. The Kier molecular flexibility index (Phi) is 4.39. The summed E-state index contributed by atoms with van der Waals surface area (Å²) in [6, 6.07) is 10.5. The van der Waals surface area contributed by atoms with Gasteiger partial charge in [-0.1, -0.05) is 18.2 Å². The Morgan fingerprint density at radius 1 is 1.04 bits per heavy atom. The van der Waals surface area contributed by atoms with Gasteiger partial charge in [-0.3, -0.25) is 9.10 Å². The molecule has 0 spiro atoms. The fourth-order valence-corrected chi connectivity index (χ4v) is 5.20. The number of hydrogen-bond donors (Lipinski definition) is 0. The molecule has 6 nitrogen and oxygen atoms in total. The Bertz CT molecular complexity index is 1000. The first kappa shape index (κ1) is 17.9. The summed E-state index contributed by atoms with van der Waals surface area (Å²) in [5.74, 6) is -0.700. The number of nitrogens with zero attached hydrogens (tertiary/aromatic N) is 3. The minimum absolute atomic E-state index is 0.0919. The molecule has 2 heterocycles. The lowest BCUT2D eigenvalue weighted by Crippen LogP contribution is -2.51. The van der Waals surface area contributed by atoms with Crippen molar-refractivity contribution in [1.29, 1.82) is 0 Å². The van der Waals surface area contributed by atoms with Gasteiger partial charge in [-0.2, -0.15) is 0 Å². The second kappa shape index (κ2) is 6.61. The molecule has 27 heavy (non-hydrogen) atoms. The average Bonchev–Trinajstić information content (AvgIpc) is 2.66. The van der Waals surface area contributed by atoms with Gasteiger partial charge in [-0.25, -0.2) is 12.8 Å². The number of hydrogen-bond acceptors (Lipinski definition) is 4. The second-order valence-corrected chi connectivity index (χ2v) is 8.68. The Morgan fingerprint density at radius 2 is 1.74 bits per heavy atom. The van der Waals surface area contributed by atoms with E-state index in [-0.39, 0.29) is 17.3 Å². The standard InChI is InChI=1S/C19H20FN3O3S/c1-21-8-10-22(11-9-21)19(24)13-23-17-7-6-14(20)12-16(17)15-4-2-3-5-18(15)27(23,25)26/h2-7,12H,8-11,13H2,1H3. The first-order valence-corrected chi connectivity index (χ1v) is 10.2. The van der Waals surface area contributed by atoms with E-state index in [2.05, 4.69) is 4.90 Å². The van der Waals surface area contributed by atoms with Crippen molar-refractivity contribution in [1.82, 2.24) is 9.80 Å². The molecular weight excluding hydrogens is 369 g/mol. The third-order valence-corrected chi connectivity index (χ3v) is 6.93. The van der Waals surface area contributed by atoms with E-state index in [1.54, 1.807) is 23.1 Å². The van der Waals surface area contributed by atoms with Gasteiger partial charge >= 0.3 is 0 Å². The van der Waals surface area contributed by atoms with Crippen LogP contribution in [0.15, 0.2) is 47.4 Å². The largest absolute Gasteiger partial charge is 0.339 e. The summed E-state index contributed by atoms with van der Waals surface area (Å²) in [4.78, 5) is 16.7. The molecule has 0 aromatic heterocycles. The first-order valence-electron chi connectivity index (χ1n) is 8.76. The maximum Gasteiger partial charge on any atom is 0.265 e. The molecule has 0 saturated carbocycles. The highest BCUT2D eigenvalue weighted by molar-refractivity contribution is 7.93. The number of piperazine rings is 1. The van der Waals surface area contributed by atoms with Crippen molar-refractivity contribution in [3.63, 3.8) is 0 Å². The average molecular weight is 389 g/mol. The highest BCUT2D eigenvalue weighted by Gasteiger charge is 2.37. The fourth-order valence-electron chi connectivity index (χ4n) is 3.55. The van der Waals surface area contributed by atoms with Gasteiger partial charge in [0.25, 0.3) is 10.0 Å². The summed E-state index contributed by atoms with van der Waals surface area (Å²) in [5, 5.41) is 0. The molecule has 2 aliphatic rings. The molecule has 8 heteroatoms. The number of rotatable bonds is 2. The van der Waals surface area contributed by atoms with E-state index in [9.17, 15) is 17.6 Å². The van der Waals surface area contributed by atoms with Gasteiger partial charge in [0.2, 0.25) is 5.91 Å². The predicted octanol–water partition coefficient (Wildman–Crippen LogP) is 1.78. The van der Waals surface area contributed by atoms with Crippen LogP contribution in [0.1, 0.15) is 0 Å². The molecule has 0 aliphatic carbocycles. The molecule has 0 radical (unpaired) electrons. The topological polar surface area (TPSA) is 60.9 Å². The molecule has 2 aliphatic heterocycles. The maximum atomic E-state index is 13.9. The SMILES string of the molecule is CN1CCN(C(=O)CN2c3ccc(F)cc3-c3ccccc3S2(=O)=O)CC1. The molecule has 1 amide bonds. The third-order valence-electron chi connectivity index (χ3n) is 5.11. The highest BCUT2D eigenvalue weighted by atomic mass is 32.2. The zero-order chi connectivity index (χ0) is 19.2. The van der Waals surface area contributed by atoms with Crippen LogP contribution in [0.4, 0.5) is 10.1 Å². The number of carbonyl (C=O) groups excluding carboxylic acids is 1. The lowest BCUT2D eigenvalue weighted by Gasteiger charge is -2.36. The van der Waals surface area contributed by atoms with Crippen molar-refractivity contribution in [3.05, 3.63) is 48.3 Å². The van der Waals surface area contributed by atoms with Gasteiger partial charge in [-0.15, -0.1) is 0 Å². The van der Waals surface area contributed by atoms with E-state index in [0.717, 1.165) is 17.4 Å². The molecule has 1 saturated heterocycles. The zero-order valence-corrected chi connectivity index (χ0v) is 15.7. The second-order valence-electron chi connectivity index (χ2n) is 6.85. The molecule has 1 fully saturated rings. The minimum atomic E-state index is -3.90. The highest BCUT2D eigenvalue weighted by Crippen LogP contribution is 2.43. The quantitative estimate of drug-likeness (QED) is 0.786. The van der Waals surface area contributed by atoms with Crippen LogP contribution in [0.2, 0.25) is 0 Å². The van der Waals surface area contributed by atoms with Crippen molar-refractivity contribution in [2.45, 2.75) is 4.90 Å². The molecule has 0 unspecified atom stereocenters. The molecule has 142 valence electrons. The van der Waals surface area contributed by atoms with Crippen molar-refractivity contribution in [2.75, 3.05) is 44.1 Å². The van der Waals surface area contributed by atoms with E-state index in [4.69, 9.17) is 0 Å². The summed E-state index contributed by atoms with van der Waals surface area (Å²) in [7, 11) is -1.92. The lowest BCUT2D eigenvalue weighted by atomic mass is 10.0. The maximum absolute atomic E-state index is 13.9. The number of carbonyl (C=O) groups is 1. The number of anilines is 1. The van der Waals surface area contributed by atoms with Crippen LogP contribution in [0, 0.1) is 5.82 Å². The zero-order valence-electron chi connectivity index (χ0n) is 14.9. The van der Waals surface area contributed by atoms with Gasteiger partial charge in [0, 0.05) is 37.3 Å². The van der Waals surface area contributed by atoms with Crippen LogP contribution in [0.5, 0.6) is 0 Å². The van der Waals surface area contributed by atoms with Gasteiger partial charge in [0.15, 0.2) is 0 Å². The lowest BCUT2D eigenvalue weighted by molar-refractivity contribution is -0.131. The summed E-state index contributed by atoms with van der Waals surface area (Å²) in [6.07, 6.45) is 0. The van der Waals surface area contributed by atoms with Crippen LogP contribution in [-0.2, 0) is 14.8 Å². The van der Waals surface area contributed by atoms with Crippen molar-refractivity contribution in [3.8, 4) is 11.1 Å². The molecular formula is C19H20FN3O3S. The van der Waals surface area contributed by atoms with Gasteiger partial charge in [0.1, 0.15) is 12.4 Å². The summed E-state index contributed by atoms with van der Waals surface area (Å²) in [5.41, 5.74) is 1.26. The van der Waals surface area contributed by atoms with Gasteiger partial charge in [0.05, 0.1) is 10.6 Å². The van der Waals surface area contributed by atoms with E-state index < -0.39 is 15.8 Å². The molecule has 0 bridgehead atoms. The fraction of sp³-hybridized carbons (Fsp3) is 0.316. The summed E-state index contributed by atoms with van der Waals surface area (Å²) >= 11 is 0. The normalized spacial score (nSPS) is 18.7. The van der Waals surface area contributed by atoms with E-state index in [1.165, 1.54) is 24.3 Å². The van der Waals surface area contributed by atoms with E-state index in [1.807, 2.05) is 7.05 Å². The molecule has 2 aromatic rings. The summed E-state index contributed by atoms with van der Waals surface area (Å²) in [6.45, 7) is 2.34. The van der Waals surface area contributed by atoms with Crippen molar-refractivity contribution in [2.24, 2.45) is 0 Å². The van der Waals surface area contributed by atoms with Crippen LogP contribution in [-0.4, -0.2) is 63.9 Å². The molecule has 4 rings (SSSR count). The Labute approximate surface area is 157 Å². The molecule has 2 aromatic carbocycles. The predicted molar refractivity (Wildman–Crippen MR) is 100 cm³/mol. The van der Waals surface area contributed by atoms with Crippen molar-refractivity contribution < 1.29 is 17.6 Å². The monoisotopic (exact) mass is 389 g/mol. The van der Waals surface area contributed by atoms with Gasteiger partial charge < -0.3 is 9.80 Å². The number of benzene rings is 2. The number of fused-ring (bicyclic) bond motifs is 3. The minimum Gasteiger partial charge on any atom is -0.339 e. The van der Waals surface area contributed by atoms with E-state index in [0.29, 0.717) is 29.9 Å². The first-order chi connectivity index (χ1) is 12.9. The van der Waals surface area contributed by atoms with Crippen LogP contribution >= 0.6 is 0 Å². The van der Waals surface area contributed by atoms with E-state index >= 15 is 0 Å². The number of halogens is 1.